The van der Waals surface area contributed by atoms with Crippen molar-refractivity contribution < 1.29 is 14.6 Å². The number of ether oxygens (including phenoxy) is 1. The quantitative estimate of drug-likeness (QED) is 0.897. The van der Waals surface area contributed by atoms with E-state index in [2.05, 4.69) is 16.3 Å². The Hall–Kier alpha value is -1.75. The van der Waals surface area contributed by atoms with Crippen LogP contribution in [-0.2, 0) is 11.3 Å². The molecule has 1 unspecified atom stereocenters. The molecule has 122 valence electrons. The van der Waals surface area contributed by atoms with Crippen molar-refractivity contribution in [1.29, 1.82) is 0 Å². The molecular formula is C17H26N2O3. The summed E-state index contributed by atoms with van der Waals surface area (Å²) in [6.07, 6.45) is 0.687. The van der Waals surface area contributed by atoms with Gasteiger partial charge in [0, 0.05) is 25.3 Å². The number of hydrogen-bond donors (Lipinski definition) is 2. The van der Waals surface area contributed by atoms with Crippen LogP contribution in [0.1, 0.15) is 32.8 Å². The number of amides is 1. The van der Waals surface area contributed by atoms with Crippen LogP contribution in [0.5, 0.6) is 0 Å². The van der Waals surface area contributed by atoms with E-state index in [9.17, 15) is 9.90 Å². The number of aliphatic hydroxyl groups excluding tert-OH is 1. The van der Waals surface area contributed by atoms with Crippen LogP contribution >= 0.6 is 0 Å². The van der Waals surface area contributed by atoms with Crippen molar-refractivity contribution in [3.8, 4) is 0 Å². The van der Waals surface area contributed by atoms with Gasteiger partial charge >= 0.3 is 6.09 Å². The first-order chi connectivity index (χ1) is 10.4. The average Bonchev–Trinajstić information content (AvgIpc) is 2.92. The van der Waals surface area contributed by atoms with E-state index in [0.717, 1.165) is 30.8 Å². The van der Waals surface area contributed by atoms with Crippen LogP contribution in [-0.4, -0.2) is 36.4 Å². The van der Waals surface area contributed by atoms with Crippen molar-refractivity contribution in [3.05, 3.63) is 29.8 Å². The number of anilines is 1. The molecule has 2 rings (SSSR count). The highest BCUT2D eigenvalue weighted by molar-refractivity contribution is 5.67. The van der Waals surface area contributed by atoms with E-state index >= 15 is 0 Å². The van der Waals surface area contributed by atoms with E-state index in [1.165, 1.54) is 0 Å². The standard InChI is InChI=1S/C17H26N2O3/c1-17(2,3)22-16(21)18-10-14-7-8-19(11-14)15-6-4-5-13(9-15)12-20/h4-6,9,14,20H,7-8,10-12H2,1-3H3,(H,18,21). The molecule has 1 aliphatic heterocycles. The van der Waals surface area contributed by atoms with Gasteiger partial charge in [0.1, 0.15) is 5.60 Å². The SMILES string of the molecule is CC(C)(C)OC(=O)NCC1CCN(c2cccc(CO)c2)C1. The summed E-state index contributed by atoms with van der Waals surface area (Å²) < 4.78 is 5.25. The maximum atomic E-state index is 11.7. The number of carbonyl (C=O) groups excluding carboxylic acids is 1. The molecule has 1 fully saturated rings. The highest BCUT2D eigenvalue weighted by Gasteiger charge is 2.24. The lowest BCUT2D eigenvalue weighted by molar-refractivity contribution is 0.0520. The molecule has 0 spiro atoms. The van der Waals surface area contributed by atoms with Crippen LogP contribution in [0, 0.1) is 5.92 Å². The molecule has 1 atom stereocenters. The van der Waals surface area contributed by atoms with Gasteiger partial charge in [0.25, 0.3) is 0 Å². The van der Waals surface area contributed by atoms with Gasteiger partial charge in [-0.1, -0.05) is 12.1 Å². The van der Waals surface area contributed by atoms with Gasteiger partial charge < -0.3 is 20.1 Å². The predicted molar refractivity (Wildman–Crippen MR) is 86.9 cm³/mol. The molecule has 0 saturated carbocycles. The second-order valence-electron chi connectivity index (χ2n) is 6.81. The fourth-order valence-electron chi connectivity index (χ4n) is 2.63. The monoisotopic (exact) mass is 306 g/mol. The van der Waals surface area contributed by atoms with Gasteiger partial charge in [-0.2, -0.15) is 0 Å². The van der Waals surface area contributed by atoms with Crippen LogP contribution in [0.15, 0.2) is 24.3 Å². The summed E-state index contributed by atoms with van der Waals surface area (Å²) >= 11 is 0. The largest absolute Gasteiger partial charge is 0.444 e. The topological polar surface area (TPSA) is 61.8 Å². The van der Waals surface area contributed by atoms with E-state index in [1.54, 1.807) is 0 Å². The summed E-state index contributed by atoms with van der Waals surface area (Å²) in [6, 6.07) is 7.96. The Morgan fingerprint density at radius 2 is 2.23 bits per heavy atom. The average molecular weight is 306 g/mol. The minimum atomic E-state index is -0.462. The Balaban J connectivity index is 1.81. The van der Waals surface area contributed by atoms with Crippen molar-refractivity contribution in [2.24, 2.45) is 5.92 Å². The van der Waals surface area contributed by atoms with Crippen molar-refractivity contribution in [2.45, 2.75) is 39.4 Å². The number of aliphatic hydroxyl groups is 1. The van der Waals surface area contributed by atoms with Crippen molar-refractivity contribution in [2.75, 3.05) is 24.5 Å². The van der Waals surface area contributed by atoms with Gasteiger partial charge in [0.05, 0.1) is 6.61 Å². The fourth-order valence-corrected chi connectivity index (χ4v) is 2.63. The highest BCUT2D eigenvalue weighted by atomic mass is 16.6. The maximum Gasteiger partial charge on any atom is 0.407 e. The summed E-state index contributed by atoms with van der Waals surface area (Å²) in [7, 11) is 0. The number of hydrogen-bond acceptors (Lipinski definition) is 4. The summed E-state index contributed by atoms with van der Waals surface area (Å²) in [4.78, 5) is 14.0. The molecule has 5 heteroatoms. The second kappa shape index (κ2) is 7.01. The minimum Gasteiger partial charge on any atom is -0.444 e. The summed E-state index contributed by atoms with van der Waals surface area (Å²) in [6.45, 7) is 8.14. The third-order valence-corrected chi connectivity index (χ3v) is 3.68. The zero-order valence-electron chi connectivity index (χ0n) is 13.6. The van der Waals surface area contributed by atoms with E-state index in [0.29, 0.717) is 12.5 Å². The van der Waals surface area contributed by atoms with Crippen molar-refractivity contribution in [3.63, 3.8) is 0 Å². The Morgan fingerprint density at radius 3 is 2.91 bits per heavy atom. The molecule has 2 N–H and O–H groups in total. The lowest BCUT2D eigenvalue weighted by Crippen LogP contribution is -2.36. The molecule has 1 amide bonds. The first-order valence-corrected chi connectivity index (χ1v) is 7.79. The lowest BCUT2D eigenvalue weighted by Gasteiger charge is -2.21. The minimum absolute atomic E-state index is 0.0608. The summed E-state index contributed by atoms with van der Waals surface area (Å²) in [5, 5.41) is 12.1. The number of benzene rings is 1. The maximum absolute atomic E-state index is 11.7. The Labute approximate surface area is 132 Å². The zero-order chi connectivity index (χ0) is 16.2. The van der Waals surface area contributed by atoms with Gasteiger partial charge in [-0.3, -0.25) is 0 Å². The molecule has 0 aromatic heterocycles. The third kappa shape index (κ3) is 4.91. The zero-order valence-corrected chi connectivity index (χ0v) is 13.6. The smallest absolute Gasteiger partial charge is 0.407 e. The fraction of sp³-hybridized carbons (Fsp3) is 0.588. The number of nitrogens with zero attached hydrogens (tertiary/aromatic N) is 1. The molecule has 1 heterocycles. The number of rotatable bonds is 4. The summed E-state index contributed by atoms with van der Waals surface area (Å²) in [5.41, 5.74) is 1.59. The predicted octanol–water partition coefficient (Wildman–Crippen LogP) is 2.53. The van der Waals surface area contributed by atoms with Gasteiger partial charge in [0.15, 0.2) is 0 Å². The molecule has 1 aliphatic rings. The summed E-state index contributed by atoms with van der Waals surface area (Å²) in [5.74, 6) is 0.422. The molecule has 1 aromatic rings. The molecular weight excluding hydrogens is 280 g/mol. The highest BCUT2D eigenvalue weighted by Crippen LogP contribution is 2.24. The Bertz CT molecular complexity index is 511. The van der Waals surface area contributed by atoms with E-state index in [1.807, 2.05) is 39.0 Å². The van der Waals surface area contributed by atoms with Crippen molar-refractivity contribution in [1.82, 2.24) is 5.32 Å². The molecule has 5 nitrogen and oxygen atoms in total. The normalized spacial score (nSPS) is 18.4. The van der Waals surface area contributed by atoms with Gasteiger partial charge in [-0.05, 0) is 50.8 Å². The van der Waals surface area contributed by atoms with Crippen LogP contribution in [0.25, 0.3) is 0 Å². The molecule has 1 aromatic carbocycles. The third-order valence-electron chi connectivity index (χ3n) is 3.68. The van der Waals surface area contributed by atoms with Gasteiger partial charge in [-0.25, -0.2) is 4.79 Å². The van der Waals surface area contributed by atoms with E-state index < -0.39 is 5.60 Å². The van der Waals surface area contributed by atoms with Crippen LogP contribution in [0.2, 0.25) is 0 Å². The van der Waals surface area contributed by atoms with Gasteiger partial charge in [-0.15, -0.1) is 0 Å². The number of nitrogens with one attached hydrogen (secondary N) is 1. The molecule has 1 saturated heterocycles. The Morgan fingerprint density at radius 1 is 1.45 bits per heavy atom. The van der Waals surface area contributed by atoms with Gasteiger partial charge in [0.2, 0.25) is 0 Å². The van der Waals surface area contributed by atoms with Crippen molar-refractivity contribution >= 4 is 11.8 Å². The number of alkyl carbamates (subject to hydrolysis) is 1. The van der Waals surface area contributed by atoms with E-state index in [4.69, 9.17) is 4.74 Å². The Kier molecular flexibility index (Phi) is 5.29. The molecule has 0 aliphatic carbocycles. The van der Waals surface area contributed by atoms with Crippen LogP contribution < -0.4 is 10.2 Å². The van der Waals surface area contributed by atoms with Crippen LogP contribution in [0.3, 0.4) is 0 Å². The molecule has 0 bridgehead atoms. The first-order valence-electron chi connectivity index (χ1n) is 7.79. The molecule has 22 heavy (non-hydrogen) atoms. The lowest BCUT2D eigenvalue weighted by atomic mass is 10.1. The van der Waals surface area contributed by atoms with E-state index in [-0.39, 0.29) is 12.7 Å². The molecule has 0 radical (unpaired) electrons. The first kappa shape index (κ1) is 16.6. The van der Waals surface area contributed by atoms with Crippen LogP contribution in [0.4, 0.5) is 10.5 Å². The number of carbonyl (C=O) groups is 1. The second-order valence-corrected chi connectivity index (χ2v) is 6.81.